The number of nitrogens with one attached hydrogen (secondary N) is 2. The Labute approximate surface area is 90.2 Å². The lowest BCUT2D eigenvalue weighted by molar-refractivity contribution is -0.128. The van der Waals surface area contributed by atoms with Crippen molar-refractivity contribution in [3.05, 3.63) is 0 Å². The van der Waals surface area contributed by atoms with Crippen LogP contribution in [0.2, 0.25) is 0 Å². The fourth-order valence-electron chi connectivity index (χ4n) is 0.896. The van der Waals surface area contributed by atoms with Crippen LogP contribution < -0.4 is 10.6 Å². The lowest BCUT2D eigenvalue weighted by Crippen LogP contribution is -2.52. The number of amides is 2. The van der Waals surface area contributed by atoms with E-state index in [9.17, 15) is 9.59 Å². The van der Waals surface area contributed by atoms with E-state index in [0.29, 0.717) is 5.75 Å². The van der Waals surface area contributed by atoms with Gasteiger partial charge < -0.3 is 10.6 Å². The molecule has 1 atom stereocenters. The van der Waals surface area contributed by atoms with Crippen molar-refractivity contribution in [3.63, 3.8) is 0 Å². The highest BCUT2D eigenvalue weighted by Crippen LogP contribution is 2.00. The Balaban J connectivity index is 4.25. The number of carbonyl (C=O) groups excluding carboxylic acids is 2. The molecular weight excluding hydrogens is 200 g/mol. The molecule has 14 heavy (non-hydrogen) atoms. The first-order valence-corrected chi connectivity index (χ1v) is 5.09. The van der Waals surface area contributed by atoms with Gasteiger partial charge in [0.1, 0.15) is 6.04 Å². The van der Waals surface area contributed by atoms with E-state index in [1.165, 1.54) is 6.92 Å². The fourth-order valence-corrected chi connectivity index (χ4v) is 1.15. The molecule has 4 nitrogen and oxygen atoms in total. The molecule has 0 radical (unpaired) electrons. The monoisotopic (exact) mass is 218 g/mol. The SMILES string of the molecule is CC(=O)NC(CS)C(=O)NC(C)(C)C. The highest BCUT2D eigenvalue weighted by atomic mass is 32.1. The Kier molecular flexibility index (Phi) is 4.97. The van der Waals surface area contributed by atoms with Gasteiger partial charge in [-0.25, -0.2) is 0 Å². The molecule has 0 spiro atoms. The zero-order chi connectivity index (χ0) is 11.4. The molecule has 0 aromatic rings. The van der Waals surface area contributed by atoms with Gasteiger partial charge in [-0.15, -0.1) is 0 Å². The molecule has 0 aromatic carbocycles. The second-order valence-corrected chi connectivity index (χ2v) is 4.54. The fraction of sp³-hybridized carbons (Fsp3) is 0.778. The van der Waals surface area contributed by atoms with Crippen LogP contribution in [0.5, 0.6) is 0 Å². The second kappa shape index (κ2) is 5.24. The van der Waals surface area contributed by atoms with Gasteiger partial charge in [0.05, 0.1) is 0 Å². The summed E-state index contributed by atoms with van der Waals surface area (Å²) in [6, 6.07) is -0.560. The van der Waals surface area contributed by atoms with Crippen molar-refractivity contribution >= 4 is 24.4 Å². The zero-order valence-electron chi connectivity index (χ0n) is 9.05. The quantitative estimate of drug-likeness (QED) is 0.598. The third-order valence-corrected chi connectivity index (χ3v) is 1.74. The Morgan fingerprint density at radius 3 is 2.14 bits per heavy atom. The predicted molar refractivity (Wildman–Crippen MR) is 59.4 cm³/mol. The molecule has 5 heteroatoms. The normalized spacial score (nSPS) is 13.2. The molecule has 0 bridgehead atoms. The molecule has 0 aliphatic heterocycles. The summed E-state index contributed by atoms with van der Waals surface area (Å²) in [7, 11) is 0. The average Bonchev–Trinajstić information content (AvgIpc) is 1.96. The van der Waals surface area contributed by atoms with Gasteiger partial charge in [-0.3, -0.25) is 9.59 Å². The van der Waals surface area contributed by atoms with Crippen molar-refractivity contribution in [2.75, 3.05) is 5.75 Å². The summed E-state index contributed by atoms with van der Waals surface area (Å²) in [6.45, 7) is 7.03. The standard InChI is InChI=1S/C9H18N2O2S/c1-6(12)10-7(5-14)8(13)11-9(2,3)4/h7,14H,5H2,1-4H3,(H,10,12)(H,11,13). The summed E-state index contributed by atoms with van der Waals surface area (Å²) in [5.41, 5.74) is -0.295. The van der Waals surface area contributed by atoms with Crippen molar-refractivity contribution in [1.82, 2.24) is 10.6 Å². The summed E-state index contributed by atoms with van der Waals surface area (Å²) < 4.78 is 0. The third kappa shape index (κ3) is 5.85. The topological polar surface area (TPSA) is 58.2 Å². The first-order valence-electron chi connectivity index (χ1n) is 4.46. The lowest BCUT2D eigenvalue weighted by atomic mass is 10.1. The smallest absolute Gasteiger partial charge is 0.243 e. The van der Waals surface area contributed by atoms with Gasteiger partial charge in [-0.05, 0) is 20.8 Å². The van der Waals surface area contributed by atoms with Gasteiger partial charge in [0.2, 0.25) is 11.8 Å². The van der Waals surface area contributed by atoms with Gasteiger partial charge in [0.25, 0.3) is 0 Å². The van der Waals surface area contributed by atoms with Crippen LogP contribution in [0.4, 0.5) is 0 Å². The summed E-state index contributed by atoms with van der Waals surface area (Å²) in [4.78, 5) is 22.3. The van der Waals surface area contributed by atoms with E-state index in [0.717, 1.165) is 0 Å². The van der Waals surface area contributed by atoms with E-state index in [2.05, 4.69) is 23.3 Å². The Morgan fingerprint density at radius 2 is 1.86 bits per heavy atom. The number of hydrogen-bond donors (Lipinski definition) is 3. The molecule has 0 aliphatic rings. The second-order valence-electron chi connectivity index (χ2n) is 4.17. The summed E-state index contributed by atoms with van der Waals surface area (Å²) in [5, 5.41) is 5.30. The van der Waals surface area contributed by atoms with Crippen LogP contribution in [0, 0.1) is 0 Å². The van der Waals surface area contributed by atoms with Gasteiger partial charge in [0.15, 0.2) is 0 Å². The molecule has 0 saturated carbocycles. The van der Waals surface area contributed by atoms with E-state index >= 15 is 0 Å². The molecule has 0 rings (SSSR count). The average molecular weight is 218 g/mol. The number of carbonyl (C=O) groups is 2. The first kappa shape index (κ1) is 13.3. The highest BCUT2D eigenvalue weighted by Gasteiger charge is 2.21. The summed E-state index contributed by atoms with van der Waals surface area (Å²) >= 11 is 4.00. The number of thiol groups is 1. The van der Waals surface area contributed by atoms with Crippen LogP contribution in [-0.4, -0.2) is 29.1 Å². The van der Waals surface area contributed by atoms with E-state index in [4.69, 9.17) is 0 Å². The molecule has 1 unspecified atom stereocenters. The van der Waals surface area contributed by atoms with Crippen molar-refractivity contribution in [2.45, 2.75) is 39.3 Å². The Bertz CT molecular complexity index is 223. The van der Waals surface area contributed by atoms with E-state index in [1.54, 1.807) is 0 Å². The zero-order valence-corrected chi connectivity index (χ0v) is 9.94. The minimum Gasteiger partial charge on any atom is -0.350 e. The van der Waals surface area contributed by atoms with Gasteiger partial charge in [-0.2, -0.15) is 12.6 Å². The van der Waals surface area contributed by atoms with Crippen molar-refractivity contribution in [2.24, 2.45) is 0 Å². The van der Waals surface area contributed by atoms with Crippen LogP contribution in [0.25, 0.3) is 0 Å². The van der Waals surface area contributed by atoms with Crippen LogP contribution >= 0.6 is 12.6 Å². The van der Waals surface area contributed by atoms with Gasteiger partial charge in [0, 0.05) is 18.2 Å². The van der Waals surface area contributed by atoms with E-state index in [-0.39, 0.29) is 17.4 Å². The first-order chi connectivity index (χ1) is 6.26. The largest absolute Gasteiger partial charge is 0.350 e. The molecule has 0 fully saturated rings. The van der Waals surface area contributed by atoms with Crippen LogP contribution in [0.1, 0.15) is 27.7 Å². The molecular formula is C9H18N2O2S. The molecule has 0 heterocycles. The summed E-state index contributed by atoms with van der Waals surface area (Å²) in [5.74, 6) is -0.141. The number of hydrogen-bond acceptors (Lipinski definition) is 3. The maximum Gasteiger partial charge on any atom is 0.243 e. The third-order valence-electron chi connectivity index (χ3n) is 1.37. The molecule has 0 aliphatic carbocycles. The van der Waals surface area contributed by atoms with Crippen LogP contribution in [0.3, 0.4) is 0 Å². The van der Waals surface area contributed by atoms with Gasteiger partial charge in [-0.1, -0.05) is 0 Å². The molecule has 2 amide bonds. The van der Waals surface area contributed by atoms with Crippen molar-refractivity contribution in [3.8, 4) is 0 Å². The minimum atomic E-state index is -0.560. The van der Waals surface area contributed by atoms with Gasteiger partial charge >= 0.3 is 0 Å². The maximum atomic E-state index is 11.6. The Morgan fingerprint density at radius 1 is 1.36 bits per heavy atom. The molecule has 82 valence electrons. The van der Waals surface area contributed by atoms with E-state index in [1.807, 2.05) is 20.8 Å². The lowest BCUT2D eigenvalue weighted by Gasteiger charge is -2.24. The van der Waals surface area contributed by atoms with E-state index < -0.39 is 6.04 Å². The Hall–Kier alpha value is -0.710. The van der Waals surface area contributed by atoms with Crippen LogP contribution in [0.15, 0.2) is 0 Å². The van der Waals surface area contributed by atoms with Crippen LogP contribution in [-0.2, 0) is 9.59 Å². The highest BCUT2D eigenvalue weighted by molar-refractivity contribution is 7.80. The minimum absolute atomic E-state index is 0.206. The molecule has 0 saturated heterocycles. The van der Waals surface area contributed by atoms with Crippen molar-refractivity contribution < 1.29 is 9.59 Å². The molecule has 2 N–H and O–H groups in total. The number of rotatable bonds is 3. The maximum absolute atomic E-state index is 11.6. The summed E-state index contributed by atoms with van der Waals surface area (Å²) in [6.07, 6.45) is 0. The van der Waals surface area contributed by atoms with Crippen molar-refractivity contribution in [1.29, 1.82) is 0 Å². The molecule has 0 aromatic heterocycles. The predicted octanol–water partition coefficient (Wildman–Crippen LogP) is 0.336.